The third-order valence-corrected chi connectivity index (χ3v) is 2.75. The maximum Gasteiger partial charge on any atom is 0.305 e. The lowest BCUT2D eigenvalue weighted by Crippen LogP contribution is -2.21. The average Bonchev–Trinajstić information content (AvgIpc) is 2.56. The molecular formula is C6H5N3O3S. The number of carbonyl (C=O) groups is 2. The Morgan fingerprint density at radius 2 is 2.54 bits per heavy atom. The highest BCUT2D eigenvalue weighted by Gasteiger charge is 2.34. The second kappa shape index (κ2) is 2.84. The Bertz CT molecular complexity index is 375. The lowest BCUT2D eigenvalue weighted by Gasteiger charge is -1.99. The summed E-state index contributed by atoms with van der Waals surface area (Å²) in [6, 6.07) is 0. The highest BCUT2D eigenvalue weighted by Crippen LogP contribution is 2.30. The molecule has 0 radical (unpaired) electrons. The van der Waals surface area contributed by atoms with E-state index in [1.54, 1.807) is 0 Å². The third-order valence-electron chi connectivity index (χ3n) is 1.61. The number of nitrogens with zero attached hydrogens (tertiary/aromatic N) is 3. The summed E-state index contributed by atoms with van der Waals surface area (Å²) in [5, 5.41) is 12.1. The van der Waals surface area contributed by atoms with Gasteiger partial charge in [0.2, 0.25) is 0 Å². The summed E-state index contributed by atoms with van der Waals surface area (Å²) in [6.45, 7) is 0. The molecule has 0 aliphatic carbocycles. The molecule has 1 atom stereocenters. The van der Waals surface area contributed by atoms with Crippen molar-refractivity contribution in [2.75, 3.05) is 0 Å². The first-order chi connectivity index (χ1) is 6.18. The molecule has 7 heteroatoms. The minimum Gasteiger partial charge on any atom is -0.481 e. The van der Waals surface area contributed by atoms with E-state index in [4.69, 9.17) is 5.11 Å². The number of rotatable bonds is 2. The number of fused-ring (bicyclic) bond motifs is 1. The first-order valence-corrected chi connectivity index (χ1v) is 4.39. The largest absolute Gasteiger partial charge is 0.481 e. The molecule has 0 fully saturated rings. The van der Waals surface area contributed by atoms with Crippen molar-refractivity contribution in [3.63, 3.8) is 0 Å². The van der Waals surface area contributed by atoms with E-state index in [1.165, 1.54) is 6.33 Å². The fourth-order valence-electron chi connectivity index (χ4n) is 1.06. The minimum atomic E-state index is -0.989. The van der Waals surface area contributed by atoms with Crippen LogP contribution >= 0.6 is 11.8 Å². The molecular weight excluding hydrogens is 194 g/mol. The SMILES string of the molecule is O=C(O)CC1Sc2ncnn2C1=O. The van der Waals surface area contributed by atoms with Crippen LogP contribution in [0.4, 0.5) is 0 Å². The summed E-state index contributed by atoms with van der Waals surface area (Å²) in [4.78, 5) is 25.5. The number of hydrogen-bond donors (Lipinski definition) is 1. The molecule has 1 N–H and O–H groups in total. The Morgan fingerprint density at radius 3 is 3.15 bits per heavy atom. The molecule has 2 heterocycles. The van der Waals surface area contributed by atoms with E-state index >= 15 is 0 Å². The van der Waals surface area contributed by atoms with Crippen LogP contribution in [0.15, 0.2) is 11.5 Å². The van der Waals surface area contributed by atoms with Gasteiger partial charge in [-0.25, -0.2) is 4.98 Å². The first kappa shape index (κ1) is 8.24. The van der Waals surface area contributed by atoms with Crippen molar-refractivity contribution < 1.29 is 14.7 Å². The van der Waals surface area contributed by atoms with Gasteiger partial charge in [0.25, 0.3) is 5.91 Å². The number of carboxylic acids is 1. The standard InChI is InChI=1S/C6H5N3O3S/c10-4(11)1-3-5(12)9-6(13-3)7-2-8-9/h2-3H,1H2,(H,10,11). The first-order valence-electron chi connectivity index (χ1n) is 3.51. The van der Waals surface area contributed by atoms with Crippen LogP contribution in [0.25, 0.3) is 0 Å². The summed E-state index contributed by atoms with van der Waals surface area (Å²) in [5.41, 5.74) is 0. The van der Waals surface area contributed by atoms with Crippen LogP contribution in [0.3, 0.4) is 0 Å². The smallest absolute Gasteiger partial charge is 0.305 e. The Morgan fingerprint density at radius 1 is 1.77 bits per heavy atom. The normalized spacial score (nSPS) is 20.3. The zero-order valence-electron chi connectivity index (χ0n) is 6.38. The molecule has 0 aromatic carbocycles. The maximum absolute atomic E-state index is 11.4. The van der Waals surface area contributed by atoms with Gasteiger partial charge in [-0.05, 0) is 0 Å². The van der Waals surface area contributed by atoms with Gasteiger partial charge in [-0.15, -0.1) is 0 Å². The number of carbonyl (C=O) groups excluding carboxylic acids is 1. The highest BCUT2D eigenvalue weighted by atomic mass is 32.2. The molecule has 1 unspecified atom stereocenters. The Hall–Kier alpha value is -1.37. The molecule has 0 bridgehead atoms. The van der Waals surface area contributed by atoms with Crippen LogP contribution in [0.1, 0.15) is 11.2 Å². The van der Waals surface area contributed by atoms with Gasteiger partial charge in [-0.3, -0.25) is 9.59 Å². The van der Waals surface area contributed by atoms with Crippen LogP contribution in [0, 0.1) is 0 Å². The summed E-state index contributed by atoms with van der Waals surface area (Å²) < 4.78 is 1.14. The highest BCUT2D eigenvalue weighted by molar-refractivity contribution is 8.00. The van der Waals surface area contributed by atoms with Gasteiger partial charge in [-0.1, -0.05) is 11.8 Å². The summed E-state index contributed by atoms with van der Waals surface area (Å²) in [6.07, 6.45) is 1.09. The van der Waals surface area contributed by atoms with E-state index in [1.807, 2.05) is 0 Å². The Kier molecular flexibility index (Phi) is 1.80. The van der Waals surface area contributed by atoms with Crippen LogP contribution in [-0.2, 0) is 4.79 Å². The van der Waals surface area contributed by atoms with Crippen molar-refractivity contribution >= 4 is 23.6 Å². The Balaban J connectivity index is 2.19. The van der Waals surface area contributed by atoms with E-state index in [-0.39, 0.29) is 12.3 Å². The Labute approximate surface area is 77.0 Å². The van der Waals surface area contributed by atoms with Gasteiger partial charge in [0.05, 0.1) is 6.42 Å². The zero-order valence-corrected chi connectivity index (χ0v) is 7.19. The fraction of sp³-hybridized carbons (Fsp3) is 0.333. The molecule has 0 spiro atoms. The molecule has 0 saturated heterocycles. The van der Waals surface area contributed by atoms with Crippen molar-refractivity contribution in [1.82, 2.24) is 14.8 Å². The number of thioether (sulfide) groups is 1. The van der Waals surface area contributed by atoms with Gasteiger partial charge >= 0.3 is 5.97 Å². The predicted molar refractivity (Wildman–Crippen MR) is 42.5 cm³/mol. The predicted octanol–water partition coefficient (Wildman–Crippen LogP) is -0.133. The molecule has 0 saturated carbocycles. The number of aliphatic carboxylic acids is 1. The number of carboxylic acid groups (broad SMARTS) is 1. The van der Waals surface area contributed by atoms with Gasteiger partial charge in [0.15, 0.2) is 5.16 Å². The quantitative estimate of drug-likeness (QED) is 0.714. The molecule has 1 aromatic rings. The van der Waals surface area contributed by atoms with E-state index < -0.39 is 11.2 Å². The van der Waals surface area contributed by atoms with E-state index in [2.05, 4.69) is 10.1 Å². The lowest BCUT2D eigenvalue weighted by atomic mass is 10.3. The van der Waals surface area contributed by atoms with Crippen molar-refractivity contribution in [3.05, 3.63) is 6.33 Å². The van der Waals surface area contributed by atoms with Crippen molar-refractivity contribution in [2.24, 2.45) is 0 Å². The molecule has 1 aliphatic heterocycles. The van der Waals surface area contributed by atoms with Crippen LogP contribution in [0.5, 0.6) is 0 Å². The summed E-state index contributed by atoms with van der Waals surface area (Å²) in [7, 11) is 0. The number of hydrogen-bond acceptors (Lipinski definition) is 5. The fourth-order valence-corrected chi connectivity index (χ4v) is 2.09. The zero-order chi connectivity index (χ0) is 9.42. The number of aromatic nitrogens is 3. The summed E-state index contributed by atoms with van der Waals surface area (Å²) in [5.74, 6) is -1.29. The van der Waals surface area contributed by atoms with E-state index in [0.717, 1.165) is 16.4 Å². The van der Waals surface area contributed by atoms with Crippen molar-refractivity contribution in [2.45, 2.75) is 16.8 Å². The van der Waals surface area contributed by atoms with Crippen LogP contribution in [0.2, 0.25) is 0 Å². The second-order valence-corrected chi connectivity index (χ2v) is 3.67. The molecule has 68 valence electrons. The third kappa shape index (κ3) is 1.31. The van der Waals surface area contributed by atoms with E-state index in [0.29, 0.717) is 5.16 Å². The summed E-state index contributed by atoms with van der Waals surface area (Å²) >= 11 is 1.14. The second-order valence-electron chi connectivity index (χ2n) is 2.50. The molecule has 6 nitrogen and oxygen atoms in total. The molecule has 13 heavy (non-hydrogen) atoms. The van der Waals surface area contributed by atoms with E-state index in [9.17, 15) is 9.59 Å². The minimum absolute atomic E-state index is 0.186. The van der Waals surface area contributed by atoms with Crippen molar-refractivity contribution in [3.8, 4) is 0 Å². The van der Waals surface area contributed by atoms with Gasteiger partial charge in [0.1, 0.15) is 11.6 Å². The van der Waals surface area contributed by atoms with Gasteiger partial charge in [0, 0.05) is 0 Å². The molecule has 1 aliphatic rings. The van der Waals surface area contributed by atoms with Gasteiger partial charge < -0.3 is 5.11 Å². The van der Waals surface area contributed by atoms with Crippen molar-refractivity contribution in [1.29, 1.82) is 0 Å². The molecule has 0 amide bonds. The topological polar surface area (TPSA) is 85.1 Å². The molecule has 2 rings (SSSR count). The van der Waals surface area contributed by atoms with Gasteiger partial charge in [-0.2, -0.15) is 9.78 Å². The maximum atomic E-state index is 11.4. The molecule has 1 aromatic heterocycles. The van der Waals surface area contributed by atoms with Crippen LogP contribution < -0.4 is 0 Å². The monoisotopic (exact) mass is 199 g/mol. The van der Waals surface area contributed by atoms with Crippen LogP contribution in [-0.4, -0.2) is 37.0 Å². The lowest BCUT2D eigenvalue weighted by molar-refractivity contribution is -0.136. The average molecular weight is 199 g/mol.